The quantitative estimate of drug-likeness (QED) is 0.753. The molecule has 2 aliphatic heterocycles. The molecule has 0 bridgehead atoms. The van der Waals surface area contributed by atoms with E-state index in [0.29, 0.717) is 0 Å². The van der Waals surface area contributed by atoms with Crippen molar-refractivity contribution >= 4 is 10.9 Å². The number of rotatable bonds is 2. The Kier molecular flexibility index (Phi) is 3.18. The van der Waals surface area contributed by atoms with Crippen LogP contribution in [0.3, 0.4) is 0 Å². The van der Waals surface area contributed by atoms with Crippen molar-refractivity contribution in [2.24, 2.45) is 0 Å². The topological polar surface area (TPSA) is 47.9 Å². The predicted molar refractivity (Wildman–Crippen MR) is 94.7 cm³/mol. The number of quaternary nitrogens is 1. The molecule has 5 nitrogen and oxygen atoms in total. The summed E-state index contributed by atoms with van der Waals surface area (Å²) in [6, 6.07) is 10.8. The number of aromatic amines is 1. The second-order valence-electron chi connectivity index (χ2n) is 6.79. The summed E-state index contributed by atoms with van der Waals surface area (Å²) in [6.07, 6.45) is 3.14. The lowest BCUT2D eigenvalue weighted by molar-refractivity contribution is -0.908. The van der Waals surface area contributed by atoms with Gasteiger partial charge in [0, 0.05) is 29.1 Å². The van der Waals surface area contributed by atoms with Gasteiger partial charge in [-0.05, 0) is 17.7 Å². The Morgan fingerprint density at radius 2 is 2.12 bits per heavy atom. The highest BCUT2D eigenvalue weighted by Gasteiger charge is 2.38. The summed E-state index contributed by atoms with van der Waals surface area (Å²) >= 11 is 0. The SMILES string of the molecule is COc1c2c(cc3c1[C@H](c1c[nH]c4ccccc14)[NH+](C)CC3)OCO2. The molecule has 25 heavy (non-hydrogen) atoms. The molecular formula is C20H21N2O3+. The van der Waals surface area contributed by atoms with Gasteiger partial charge >= 0.3 is 0 Å². The maximum atomic E-state index is 5.82. The van der Waals surface area contributed by atoms with Crippen LogP contribution in [-0.4, -0.2) is 32.5 Å². The van der Waals surface area contributed by atoms with Crippen molar-refractivity contribution < 1.29 is 19.1 Å². The number of nitrogens with one attached hydrogen (secondary N) is 2. The maximum Gasteiger partial charge on any atom is 0.231 e. The van der Waals surface area contributed by atoms with E-state index in [0.717, 1.165) is 35.7 Å². The summed E-state index contributed by atoms with van der Waals surface area (Å²) in [5.41, 5.74) is 4.98. The first kappa shape index (κ1) is 14.7. The number of likely N-dealkylation sites (N-methyl/N-ethyl adjacent to an activating group) is 1. The van der Waals surface area contributed by atoms with E-state index >= 15 is 0 Å². The monoisotopic (exact) mass is 337 g/mol. The Labute approximate surface area is 146 Å². The number of methoxy groups -OCH3 is 1. The van der Waals surface area contributed by atoms with Crippen molar-refractivity contribution in [3.05, 3.63) is 53.2 Å². The molecule has 1 aromatic heterocycles. The predicted octanol–water partition coefficient (Wildman–Crippen LogP) is 2.07. The molecular weight excluding hydrogens is 316 g/mol. The highest BCUT2D eigenvalue weighted by Crippen LogP contribution is 2.48. The van der Waals surface area contributed by atoms with Crippen LogP contribution >= 0.6 is 0 Å². The summed E-state index contributed by atoms with van der Waals surface area (Å²) in [7, 11) is 3.97. The molecule has 2 N–H and O–H groups in total. The van der Waals surface area contributed by atoms with Gasteiger partial charge in [0.05, 0.1) is 26.3 Å². The largest absolute Gasteiger partial charge is 0.492 e. The molecule has 0 spiro atoms. The third-order valence-electron chi connectivity index (χ3n) is 5.45. The van der Waals surface area contributed by atoms with Crippen LogP contribution in [0, 0.1) is 0 Å². The standard InChI is InChI=1S/C20H20N2O3/c1-22-8-7-12-9-16-19(25-11-24-16)20(23-2)17(12)18(22)14-10-21-15-6-4-3-5-13(14)15/h3-6,9-10,18,21H,7-8,11H2,1-2H3/p+1/t18-/m0/s1. The van der Waals surface area contributed by atoms with Crippen LogP contribution in [-0.2, 0) is 6.42 Å². The van der Waals surface area contributed by atoms with Crippen molar-refractivity contribution in [1.29, 1.82) is 0 Å². The normalized spacial score (nSPS) is 21.4. The van der Waals surface area contributed by atoms with Gasteiger partial charge in [-0.1, -0.05) is 18.2 Å². The van der Waals surface area contributed by atoms with Crippen LogP contribution in [0.4, 0.5) is 0 Å². The minimum Gasteiger partial charge on any atom is -0.492 e. The molecule has 3 aromatic rings. The first-order valence-electron chi connectivity index (χ1n) is 8.65. The fourth-order valence-electron chi connectivity index (χ4n) is 4.28. The third-order valence-corrected chi connectivity index (χ3v) is 5.45. The molecule has 128 valence electrons. The highest BCUT2D eigenvalue weighted by atomic mass is 16.7. The van der Waals surface area contributed by atoms with Crippen molar-refractivity contribution in [2.75, 3.05) is 27.5 Å². The molecule has 1 unspecified atom stereocenters. The Bertz CT molecular complexity index is 963. The van der Waals surface area contributed by atoms with Crippen LogP contribution in [0.1, 0.15) is 22.7 Å². The molecule has 0 saturated heterocycles. The summed E-state index contributed by atoms with van der Waals surface area (Å²) in [5.74, 6) is 2.35. The summed E-state index contributed by atoms with van der Waals surface area (Å²) in [4.78, 5) is 4.87. The lowest BCUT2D eigenvalue weighted by Crippen LogP contribution is -3.10. The Hall–Kier alpha value is -2.66. The molecule has 2 atom stereocenters. The van der Waals surface area contributed by atoms with Gasteiger partial charge in [-0.2, -0.15) is 0 Å². The Balaban J connectivity index is 1.77. The lowest BCUT2D eigenvalue weighted by atomic mass is 9.87. The van der Waals surface area contributed by atoms with Crippen LogP contribution < -0.4 is 19.1 Å². The molecule has 2 aromatic carbocycles. The molecule has 0 saturated carbocycles. The molecule has 0 amide bonds. The van der Waals surface area contributed by atoms with E-state index in [9.17, 15) is 0 Å². The van der Waals surface area contributed by atoms with E-state index in [1.165, 1.54) is 27.0 Å². The van der Waals surface area contributed by atoms with Crippen molar-refractivity contribution in [3.63, 3.8) is 0 Å². The second-order valence-corrected chi connectivity index (χ2v) is 6.79. The van der Waals surface area contributed by atoms with Gasteiger partial charge in [0.2, 0.25) is 12.5 Å². The number of ether oxygens (including phenoxy) is 3. The number of para-hydroxylation sites is 1. The van der Waals surface area contributed by atoms with E-state index in [2.05, 4.69) is 48.6 Å². The average Bonchev–Trinajstić information content (AvgIpc) is 3.26. The van der Waals surface area contributed by atoms with Gasteiger partial charge in [-0.25, -0.2) is 0 Å². The second kappa shape index (κ2) is 5.43. The number of benzene rings is 2. The molecule has 0 fully saturated rings. The minimum atomic E-state index is 0.198. The molecule has 3 heterocycles. The zero-order valence-corrected chi connectivity index (χ0v) is 14.4. The summed E-state index contributed by atoms with van der Waals surface area (Å²) < 4.78 is 17.1. The van der Waals surface area contributed by atoms with E-state index < -0.39 is 0 Å². The average molecular weight is 337 g/mol. The molecule has 0 radical (unpaired) electrons. The van der Waals surface area contributed by atoms with Gasteiger partial charge in [0.1, 0.15) is 6.04 Å². The minimum absolute atomic E-state index is 0.198. The van der Waals surface area contributed by atoms with Gasteiger partial charge < -0.3 is 24.1 Å². The van der Waals surface area contributed by atoms with Gasteiger partial charge in [-0.15, -0.1) is 0 Å². The van der Waals surface area contributed by atoms with Crippen molar-refractivity contribution in [1.82, 2.24) is 4.98 Å². The zero-order chi connectivity index (χ0) is 17.0. The molecule has 5 heteroatoms. The van der Waals surface area contributed by atoms with Gasteiger partial charge in [0.25, 0.3) is 0 Å². The van der Waals surface area contributed by atoms with Crippen molar-refractivity contribution in [3.8, 4) is 17.2 Å². The number of hydrogen-bond acceptors (Lipinski definition) is 3. The Morgan fingerprint density at radius 1 is 1.24 bits per heavy atom. The Morgan fingerprint density at radius 3 is 3.00 bits per heavy atom. The first-order valence-corrected chi connectivity index (χ1v) is 8.65. The van der Waals surface area contributed by atoms with Crippen LogP contribution in [0.5, 0.6) is 17.2 Å². The third kappa shape index (κ3) is 2.05. The lowest BCUT2D eigenvalue weighted by Gasteiger charge is -2.33. The fraction of sp³-hybridized carbons (Fsp3) is 0.300. The van der Waals surface area contributed by atoms with E-state index in [-0.39, 0.29) is 12.8 Å². The summed E-state index contributed by atoms with van der Waals surface area (Å²) in [6.45, 7) is 1.33. The maximum absolute atomic E-state index is 5.82. The first-order chi connectivity index (χ1) is 12.3. The molecule has 0 aliphatic carbocycles. The number of H-pyrrole nitrogens is 1. The zero-order valence-electron chi connectivity index (χ0n) is 14.4. The van der Waals surface area contributed by atoms with E-state index in [4.69, 9.17) is 14.2 Å². The number of aromatic nitrogens is 1. The van der Waals surface area contributed by atoms with Crippen molar-refractivity contribution in [2.45, 2.75) is 12.5 Å². The molecule has 2 aliphatic rings. The fourth-order valence-corrected chi connectivity index (χ4v) is 4.28. The number of fused-ring (bicyclic) bond motifs is 3. The molecule has 5 rings (SSSR count). The van der Waals surface area contributed by atoms with Crippen LogP contribution in [0.2, 0.25) is 0 Å². The highest BCUT2D eigenvalue weighted by molar-refractivity contribution is 5.84. The number of hydrogen-bond donors (Lipinski definition) is 2. The van der Waals surface area contributed by atoms with Gasteiger partial charge in [0.15, 0.2) is 11.5 Å². The smallest absolute Gasteiger partial charge is 0.231 e. The van der Waals surface area contributed by atoms with Gasteiger partial charge in [-0.3, -0.25) is 0 Å². The van der Waals surface area contributed by atoms with Crippen LogP contribution in [0.25, 0.3) is 10.9 Å². The van der Waals surface area contributed by atoms with Crippen LogP contribution in [0.15, 0.2) is 36.5 Å². The summed E-state index contributed by atoms with van der Waals surface area (Å²) in [5, 5.41) is 1.26. The van der Waals surface area contributed by atoms with E-state index in [1.54, 1.807) is 7.11 Å². The van der Waals surface area contributed by atoms with E-state index in [1.807, 2.05) is 0 Å².